The molecular formula is C40H37N2O8+. The number of hydrogen-bond donors (Lipinski definition) is 4. The number of carboxylic acids is 4. The largest absolute Gasteiger partial charge is 0.478 e. The Morgan fingerprint density at radius 3 is 1.14 bits per heavy atom. The van der Waals surface area contributed by atoms with Crippen LogP contribution in [0, 0.1) is 6.42 Å². The number of carbonyl (C=O) groups is 4. The van der Waals surface area contributed by atoms with E-state index in [1.54, 1.807) is 72.8 Å². The highest BCUT2D eigenvalue weighted by atomic mass is 16.4. The zero-order chi connectivity index (χ0) is 35.6. The van der Waals surface area contributed by atoms with E-state index in [2.05, 4.69) is 22.0 Å². The Morgan fingerprint density at radius 1 is 0.500 bits per heavy atom. The van der Waals surface area contributed by atoms with E-state index in [4.69, 9.17) is 0 Å². The van der Waals surface area contributed by atoms with Crippen LogP contribution in [0.25, 0.3) is 0 Å². The van der Waals surface area contributed by atoms with E-state index in [0.717, 1.165) is 33.4 Å². The van der Waals surface area contributed by atoms with Crippen LogP contribution in [0.15, 0.2) is 120 Å². The Hall–Kier alpha value is -5.97. The van der Waals surface area contributed by atoms with Gasteiger partial charge in [-0.25, -0.2) is 19.2 Å². The van der Waals surface area contributed by atoms with Crippen molar-refractivity contribution in [1.29, 1.82) is 0 Å². The van der Waals surface area contributed by atoms with Crippen molar-refractivity contribution in [2.24, 2.45) is 0 Å². The minimum absolute atomic E-state index is 0.195. The molecule has 4 aromatic rings. The summed E-state index contributed by atoms with van der Waals surface area (Å²) >= 11 is 0. The first kappa shape index (κ1) is 35.3. The average molecular weight is 674 g/mol. The number of rotatable bonds is 16. The third-order valence-electron chi connectivity index (χ3n) is 8.31. The van der Waals surface area contributed by atoms with Crippen LogP contribution in [0.3, 0.4) is 0 Å². The quantitative estimate of drug-likeness (QED) is 0.0951. The number of hydrogen-bond acceptors (Lipinski definition) is 6. The van der Waals surface area contributed by atoms with Crippen molar-refractivity contribution in [3.8, 4) is 0 Å². The molecule has 0 aromatic heterocycles. The van der Waals surface area contributed by atoms with Gasteiger partial charge in [0.25, 0.3) is 0 Å². The summed E-state index contributed by atoms with van der Waals surface area (Å²) in [4.78, 5) is 50.7. The van der Waals surface area contributed by atoms with Crippen LogP contribution in [0.1, 0.15) is 70.1 Å². The monoisotopic (exact) mass is 673 g/mol. The lowest BCUT2D eigenvalue weighted by molar-refractivity contribution is 0.0685. The van der Waals surface area contributed by atoms with Crippen molar-refractivity contribution in [3.63, 3.8) is 0 Å². The molecule has 0 unspecified atom stereocenters. The van der Waals surface area contributed by atoms with Crippen LogP contribution < -0.4 is 0 Å². The van der Waals surface area contributed by atoms with Crippen molar-refractivity contribution in [1.82, 2.24) is 9.80 Å². The molecule has 0 aliphatic heterocycles. The van der Waals surface area contributed by atoms with Crippen molar-refractivity contribution in [3.05, 3.63) is 171 Å². The van der Waals surface area contributed by atoms with Crippen molar-refractivity contribution < 1.29 is 39.6 Å². The molecule has 1 aliphatic rings. The molecule has 0 saturated heterocycles. The second kappa shape index (κ2) is 16.4. The van der Waals surface area contributed by atoms with Gasteiger partial charge < -0.3 is 20.4 Å². The first-order valence-corrected chi connectivity index (χ1v) is 16.0. The van der Waals surface area contributed by atoms with Crippen LogP contribution in [-0.4, -0.2) is 67.2 Å². The molecule has 0 bridgehead atoms. The lowest BCUT2D eigenvalue weighted by Crippen LogP contribution is -2.27. The van der Waals surface area contributed by atoms with E-state index in [9.17, 15) is 39.6 Å². The molecule has 0 amide bonds. The van der Waals surface area contributed by atoms with Gasteiger partial charge in [0.1, 0.15) is 0 Å². The third kappa shape index (κ3) is 10.0. The van der Waals surface area contributed by atoms with Gasteiger partial charge in [0, 0.05) is 56.9 Å². The van der Waals surface area contributed by atoms with Crippen LogP contribution >= 0.6 is 0 Å². The van der Waals surface area contributed by atoms with Gasteiger partial charge in [0.2, 0.25) is 0 Å². The van der Waals surface area contributed by atoms with Gasteiger partial charge in [-0.2, -0.15) is 0 Å². The summed E-state index contributed by atoms with van der Waals surface area (Å²) < 4.78 is 0. The molecule has 4 N–H and O–H groups in total. The fraction of sp³-hybridized carbons (Fsp3) is 0.175. The summed E-state index contributed by atoms with van der Waals surface area (Å²) in [6, 6.07) is 27.1. The summed E-state index contributed by atoms with van der Waals surface area (Å²) in [5.74, 6) is -4.03. The summed E-state index contributed by atoms with van der Waals surface area (Å²) in [5, 5.41) is 38.0. The zero-order valence-electron chi connectivity index (χ0n) is 27.2. The second-order valence-corrected chi connectivity index (χ2v) is 12.3. The summed E-state index contributed by atoms with van der Waals surface area (Å²) in [6.07, 6.45) is 6.90. The van der Waals surface area contributed by atoms with Crippen LogP contribution in [0.5, 0.6) is 0 Å². The van der Waals surface area contributed by atoms with Crippen molar-refractivity contribution in [2.75, 3.05) is 13.1 Å². The summed E-state index contributed by atoms with van der Waals surface area (Å²) in [6.45, 7) is 2.88. The molecule has 0 spiro atoms. The predicted octanol–water partition coefficient (Wildman–Crippen LogP) is 6.64. The van der Waals surface area contributed by atoms with Crippen molar-refractivity contribution >= 4 is 23.9 Å². The molecule has 0 heterocycles. The normalized spacial score (nSPS) is 12.6. The summed E-state index contributed by atoms with van der Waals surface area (Å²) in [7, 11) is 0. The Bertz CT molecular complexity index is 1700. The second-order valence-electron chi connectivity index (χ2n) is 12.3. The number of benzene rings is 4. The number of carboxylic acid groups (broad SMARTS) is 4. The lowest BCUT2D eigenvalue weighted by atomic mass is 9.97. The Labute approximate surface area is 289 Å². The number of allylic oxidation sites excluding steroid dienone is 2. The molecule has 10 nitrogen and oxygen atoms in total. The van der Waals surface area contributed by atoms with Gasteiger partial charge in [-0.05, 0) is 70.8 Å². The predicted molar refractivity (Wildman–Crippen MR) is 187 cm³/mol. The molecule has 254 valence electrons. The molecule has 10 heteroatoms. The molecule has 1 aliphatic carbocycles. The highest BCUT2D eigenvalue weighted by Crippen LogP contribution is 2.23. The molecule has 0 saturated carbocycles. The molecular weight excluding hydrogens is 636 g/mol. The molecule has 0 fully saturated rings. The third-order valence-corrected chi connectivity index (χ3v) is 8.31. The fourth-order valence-corrected chi connectivity index (χ4v) is 5.98. The Balaban J connectivity index is 1.32. The molecule has 50 heavy (non-hydrogen) atoms. The Morgan fingerprint density at radius 2 is 0.840 bits per heavy atom. The summed E-state index contributed by atoms with van der Waals surface area (Å²) in [5.41, 5.74) is 6.24. The molecule has 5 rings (SSSR count). The average Bonchev–Trinajstić information content (AvgIpc) is 3.09. The molecule has 4 aromatic carbocycles. The van der Waals surface area contributed by atoms with E-state index in [1.165, 1.54) is 0 Å². The van der Waals surface area contributed by atoms with Gasteiger partial charge in [-0.3, -0.25) is 9.80 Å². The van der Waals surface area contributed by atoms with Crippen molar-refractivity contribution in [2.45, 2.75) is 32.6 Å². The van der Waals surface area contributed by atoms with Crippen LogP contribution in [0.4, 0.5) is 0 Å². The maximum absolute atomic E-state index is 11.6. The highest BCUT2D eigenvalue weighted by Gasteiger charge is 2.21. The Kier molecular flexibility index (Phi) is 11.6. The fourth-order valence-electron chi connectivity index (χ4n) is 5.98. The first-order chi connectivity index (χ1) is 24.0. The number of nitrogens with zero attached hydrogens (tertiary/aromatic N) is 2. The molecule has 0 radical (unpaired) electrons. The molecule has 0 atom stereocenters. The standard InChI is InChI=1S/C40H36N2O8/c43-37(44)33-9-1-5-29(17-33)23-41(24-30-6-2-10-34(18-30)38(45)46)21-27-13-15-28(16-14-27)22-42(25-31-7-3-11-35(19-31)39(47)48)26-32-8-4-12-36(20-32)40(49)50/h1-15,17-20H,16,21-26H2,(H3-,43,44,45,46,47,48,49,50)/p+1. The lowest BCUT2D eigenvalue weighted by Gasteiger charge is -2.25. The topological polar surface area (TPSA) is 156 Å². The van der Waals surface area contributed by atoms with Gasteiger partial charge in [-0.1, -0.05) is 48.5 Å². The van der Waals surface area contributed by atoms with E-state index in [0.29, 0.717) is 45.7 Å². The van der Waals surface area contributed by atoms with E-state index in [1.807, 2.05) is 30.7 Å². The highest BCUT2D eigenvalue weighted by molar-refractivity contribution is 5.89. The van der Waals surface area contributed by atoms with Crippen LogP contribution in [0.2, 0.25) is 0 Å². The maximum atomic E-state index is 11.6. The van der Waals surface area contributed by atoms with Gasteiger partial charge in [-0.15, -0.1) is 0 Å². The minimum Gasteiger partial charge on any atom is -0.478 e. The van der Waals surface area contributed by atoms with E-state index >= 15 is 0 Å². The van der Waals surface area contributed by atoms with E-state index in [-0.39, 0.29) is 22.3 Å². The van der Waals surface area contributed by atoms with Gasteiger partial charge in [0.05, 0.1) is 40.8 Å². The first-order valence-electron chi connectivity index (χ1n) is 16.0. The van der Waals surface area contributed by atoms with Crippen LogP contribution in [-0.2, 0) is 26.2 Å². The van der Waals surface area contributed by atoms with E-state index < -0.39 is 23.9 Å². The zero-order valence-corrected chi connectivity index (χ0v) is 27.2. The SMILES string of the molecule is O=C(O)c1cccc(CN(CC2=CCC(CN(Cc3cccc(C(=O)O)c3)Cc3cccc(C(=O)O)c3)=C[CH+]2)Cc2cccc(C(=O)O)c2)c1. The smallest absolute Gasteiger partial charge is 0.335 e. The number of aromatic carboxylic acids is 4. The van der Waals surface area contributed by atoms with Gasteiger partial charge in [0.15, 0.2) is 0 Å². The van der Waals surface area contributed by atoms with Gasteiger partial charge >= 0.3 is 23.9 Å². The minimum atomic E-state index is -1.01. The maximum Gasteiger partial charge on any atom is 0.335 e.